The Morgan fingerprint density at radius 2 is 2.23 bits per heavy atom. The molecule has 0 bridgehead atoms. The van der Waals surface area contributed by atoms with E-state index < -0.39 is 0 Å². The average Bonchev–Trinajstić information content (AvgIpc) is 2.07. The maximum atomic E-state index is 12.7. The molecule has 0 heterocycles. The van der Waals surface area contributed by atoms with Crippen molar-refractivity contribution in [3.63, 3.8) is 0 Å². The van der Waals surface area contributed by atoms with Gasteiger partial charge in [-0.15, -0.1) is 0 Å². The second kappa shape index (κ2) is 4.20. The van der Waals surface area contributed by atoms with Gasteiger partial charge in [0.15, 0.2) is 0 Å². The van der Waals surface area contributed by atoms with Gasteiger partial charge >= 0.3 is 0 Å². The van der Waals surface area contributed by atoms with E-state index in [-0.39, 0.29) is 5.82 Å². The van der Waals surface area contributed by atoms with Gasteiger partial charge in [-0.3, -0.25) is 0 Å². The van der Waals surface area contributed by atoms with Gasteiger partial charge in [0.05, 0.1) is 13.7 Å². The van der Waals surface area contributed by atoms with E-state index in [1.54, 1.807) is 6.07 Å². The quantitative estimate of drug-likeness (QED) is 0.727. The lowest BCUT2D eigenvalue weighted by molar-refractivity contribution is -0.0735. The maximum Gasteiger partial charge on any atom is 0.126 e. The van der Waals surface area contributed by atoms with E-state index in [0.717, 1.165) is 10.6 Å². The van der Waals surface area contributed by atoms with Gasteiger partial charge in [-0.25, -0.2) is 4.39 Å². The Hall–Kier alpha value is -1.13. The molecule has 0 saturated heterocycles. The van der Waals surface area contributed by atoms with Crippen LogP contribution in [0.15, 0.2) is 18.2 Å². The number of benzene rings is 1. The van der Waals surface area contributed by atoms with Crippen molar-refractivity contribution in [2.45, 2.75) is 6.54 Å². The Bertz CT molecular complexity index is 289. The summed E-state index contributed by atoms with van der Waals surface area (Å²) in [5.74, 6) is 0.0992. The summed E-state index contributed by atoms with van der Waals surface area (Å²) in [6.07, 6.45) is 0. The van der Waals surface area contributed by atoms with E-state index in [1.165, 1.54) is 26.3 Å². The van der Waals surface area contributed by atoms with Gasteiger partial charge in [0.25, 0.3) is 0 Å². The van der Waals surface area contributed by atoms with Crippen LogP contribution in [0.25, 0.3) is 0 Å². The Morgan fingerprint density at radius 3 is 2.77 bits per heavy atom. The molecule has 4 heteroatoms. The lowest BCUT2D eigenvalue weighted by Gasteiger charge is -2.11. The van der Waals surface area contributed by atoms with Crippen molar-refractivity contribution in [2.24, 2.45) is 0 Å². The summed E-state index contributed by atoms with van der Waals surface area (Å²) in [5, 5.41) is 9.99. The fraction of sp³-hybridized carbons (Fsp3) is 0.333. The maximum absolute atomic E-state index is 12.7. The zero-order chi connectivity index (χ0) is 9.84. The first-order chi connectivity index (χ1) is 6.13. The molecule has 72 valence electrons. The number of hydrogen-bond donors (Lipinski definition) is 1. The molecule has 0 aliphatic carbocycles. The lowest BCUT2D eigenvalue weighted by Crippen LogP contribution is -2.12. The third-order valence-electron chi connectivity index (χ3n) is 1.65. The van der Waals surface area contributed by atoms with Crippen LogP contribution in [-0.4, -0.2) is 24.4 Å². The third kappa shape index (κ3) is 2.68. The van der Waals surface area contributed by atoms with Crippen molar-refractivity contribution >= 4 is 0 Å². The van der Waals surface area contributed by atoms with Crippen LogP contribution in [0.2, 0.25) is 0 Å². The van der Waals surface area contributed by atoms with Crippen LogP contribution in [-0.2, 0) is 6.54 Å². The Morgan fingerprint density at radius 1 is 1.54 bits per heavy atom. The monoisotopic (exact) mass is 185 g/mol. The zero-order valence-electron chi connectivity index (χ0n) is 7.62. The highest BCUT2D eigenvalue weighted by molar-refractivity contribution is 5.33. The Kier molecular flexibility index (Phi) is 3.22. The first-order valence-electron chi connectivity index (χ1n) is 3.86. The van der Waals surface area contributed by atoms with E-state index in [0.29, 0.717) is 12.3 Å². The minimum atomic E-state index is -0.346. The van der Waals surface area contributed by atoms with Crippen molar-refractivity contribution < 1.29 is 14.3 Å². The van der Waals surface area contributed by atoms with Crippen LogP contribution in [0.5, 0.6) is 5.75 Å². The van der Waals surface area contributed by atoms with Crippen molar-refractivity contribution in [2.75, 3.05) is 14.2 Å². The molecular formula is C9H12FNO2. The van der Waals surface area contributed by atoms with Crippen molar-refractivity contribution in [1.82, 2.24) is 5.06 Å². The van der Waals surface area contributed by atoms with Gasteiger partial charge in [0.2, 0.25) is 0 Å². The molecule has 3 nitrogen and oxygen atoms in total. The Balaban J connectivity index is 2.92. The largest absolute Gasteiger partial charge is 0.496 e. The van der Waals surface area contributed by atoms with E-state index >= 15 is 0 Å². The topological polar surface area (TPSA) is 32.7 Å². The molecule has 0 fully saturated rings. The zero-order valence-corrected chi connectivity index (χ0v) is 7.62. The molecule has 0 unspecified atom stereocenters. The van der Waals surface area contributed by atoms with Gasteiger partial charge in [-0.2, -0.15) is 5.06 Å². The number of hydrogen-bond acceptors (Lipinski definition) is 3. The number of halogens is 1. The number of methoxy groups -OCH3 is 1. The SMILES string of the molecule is COc1cc(F)ccc1CN(C)O. The first-order valence-corrected chi connectivity index (χ1v) is 3.86. The molecule has 1 aromatic carbocycles. The van der Waals surface area contributed by atoms with Gasteiger partial charge in [0, 0.05) is 18.7 Å². The number of hydroxylamine groups is 2. The van der Waals surface area contributed by atoms with E-state index in [9.17, 15) is 4.39 Å². The van der Waals surface area contributed by atoms with Crippen LogP contribution < -0.4 is 4.74 Å². The van der Waals surface area contributed by atoms with Gasteiger partial charge in [-0.05, 0) is 6.07 Å². The molecule has 1 aromatic rings. The van der Waals surface area contributed by atoms with E-state index in [1.807, 2.05) is 0 Å². The van der Waals surface area contributed by atoms with E-state index in [4.69, 9.17) is 9.94 Å². The Labute approximate surface area is 76.3 Å². The van der Waals surface area contributed by atoms with Crippen LogP contribution in [0.3, 0.4) is 0 Å². The molecule has 0 aliphatic heterocycles. The molecule has 0 aliphatic rings. The lowest BCUT2D eigenvalue weighted by atomic mass is 10.2. The fourth-order valence-corrected chi connectivity index (χ4v) is 1.10. The molecule has 1 rings (SSSR count). The van der Waals surface area contributed by atoms with Crippen LogP contribution in [0, 0.1) is 5.82 Å². The smallest absolute Gasteiger partial charge is 0.126 e. The molecule has 0 saturated carbocycles. The minimum absolute atomic E-state index is 0.309. The summed E-state index contributed by atoms with van der Waals surface area (Å²) in [6.45, 7) is 0.309. The molecule has 1 N–H and O–H groups in total. The highest BCUT2D eigenvalue weighted by Gasteiger charge is 2.05. The van der Waals surface area contributed by atoms with Crippen molar-refractivity contribution in [3.05, 3.63) is 29.6 Å². The minimum Gasteiger partial charge on any atom is -0.496 e. The van der Waals surface area contributed by atoms with Crippen molar-refractivity contribution in [3.8, 4) is 5.75 Å². The highest BCUT2D eigenvalue weighted by atomic mass is 19.1. The van der Waals surface area contributed by atoms with E-state index in [2.05, 4.69) is 0 Å². The summed E-state index contributed by atoms with van der Waals surface area (Å²) in [4.78, 5) is 0. The average molecular weight is 185 g/mol. The normalized spacial score (nSPS) is 10.5. The van der Waals surface area contributed by atoms with Gasteiger partial charge in [-0.1, -0.05) is 6.07 Å². The standard InChI is InChI=1S/C9H12FNO2/c1-11(12)6-7-3-4-8(10)5-9(7)13-2/h3-5,12H,6H2,1-2H3. The fourth-order valence-electron chi connectivity index (χ4n) is 1.10. The molecule has 0 amide bonds. The third-order valence-corrected chi connectivity index (χ3v) is 1.65. The van der Waals surface area contributed by atoms with Crippen molar-refractivity contribution in [1.29, 1.82) is 0 Å². The summed E-state index contributed by atoms with van der Waals surface area (Å²) in [5.41, 5.74) is 0.744. The van der Waals surface area contributed by atoms with Crippen LogP contribution in [0.1, 0.15) is 5.56 Å². The summed E-state index contributed by atoms with van der Waals surface area (Å²) in [7, 11) is 2.98. The van der Waals surface area contributed by atoms with Gasteiger partial charge < -0.3 is 9.94 Å². The number of ether oxygens (including phenoxy) is 1. The second-order valence-corrected chi connectivity index (χ2v) is 2.77. The predicted octanol–water partition coefficient (Wildman–Crippen LogP) is 1.66. The summed E-state index contributed by atoms with van der Waals surface area (Å²) in [6, 6.07) is 4.21. The van der Waals surface area contributed by atoms with Crippen LogP contribution in [0.4, 0.5) is 4.39 Å². The number of rotatable bonds is 3. The molecule has 0 spiro atoms. The number of nitrogens with zero attached hydrogens (tertiary/aromatic N) is 1. The molecular weight excluding hydrogens is 173 g/mol. The highest BCUT2D eigenvalue weighted by Crippen LogP contribution is 2.20. The molecule has 0 radical (unpaired) electrons. The van der Waals surface area contributed by atoms with Gasteiger partial charge in [0.1, 0.15) is 11.6 Å². The molecule has 0 aromatic heterocycles. The summed E-state index contributed by atoms with van der Waals surface area (Å²) >= 11 is 0. The van der Waals surface area contributed by atoms with Crippen LogP contribution >= 0.6 is 0 Å². The second-order valence-electron chi connectivity index (χ2n) is 2.77. The molecule has 0 atom stereocenters. The predicted molar refractivity (Wildman–Crippen MR) is 46.2 cm³/mol. The first kappa shape index (κ1) is 9.95. The molecule has 13 heavy (non-hydrogen) atoms. The summed E-state index contributed by atoms with van der Waals surface area (Å²) < 4.78 is 17.7.